The molecule has 23 heavy (non-hydrogen) atoms. The third kappa shape index (κ3) is 2.75. The monoisotopic (exact) mass is 308 g/mol. The molecule has 116 valence electrons. The number of nitrogens with one attached hydrogen (secondary N) is 2. The summed E-state index contributed by atoms with van der Waals surface area (Å²) in [6.07, 6.45) is 1.08. The SMILES string of the molecule is Fc1ccc(-c2nnc(NC3CCNC3)c3ccccc23)cc1. The lowest BCUT2D eigenvalue weighted by molar-refractivity contribution is 0.628. The molecular weight excluding hydrogens is 291 g/mol. The predicted octanol–water partition coefficient (Wildman–Crippen LogP) is 3.21. The second-order valence-electron chi connectivity index (χ2n) is 5.78. The lowest BCUT2D eigenvalue weighted by atomic mass is 10.0. The first-order valence-corrected chi connectivity index (χ1v) is 7.80. The number of fused-ring (bicyclic) bond motifs is 1. The first-order chi connectivity index (χ1) is 11.3. The highest BCUT2D eigenvalue weighted by Gasteiger charge is 2.17. The van der Waals surface area contributed by atoms with E-state index in [9.17, 15) is 4.39 Å². The van der Waals surface area contributed by atoms with E-state index in [4.69, 9.17) is 0 Å². The van der Waals surface area contributed by atoms with Crippen molar-refractivity contribution in [2.75, 3.05) is 18.4 Å². The van der Waals surface area contributed by atoms with Crippen LogP contribution in [0.4, 0.5) is 10.2 Å². The van der Waals surface area contributed by atoms with E-state index in [0.29, 0.717) is 6.04 Å². The Kier molecular flexibility index (Phi) is 3.63. The van der Waals surface area contributed by atoms with Crippen LogP contribution in [-0.2, 0) is 0 Å². The first kappa shape index (κ1) is 14.1. The van der Waals surface area contributed by atoms with Crippen molar-refractivity contribution in [2.24, 2.45) is 0 Å². The molecule has 1 saturated heterocycles. The Balaban J connectivity index is 1.79. The molecule has 1 unspecified atom stereocenters. The van der Waals surface area contributed by atoms with Gasteiger partial charge in [0.1, 0.15) is 11.5 Å². The summed E-state index contributed by atoms with van der Waals surface area (Å²) in [4.78, 5) is 0. The number of rotatable bonds is 3. The zero-order chi connectivity index (χ0) is 15.6. The summed E-state index contributed by atoms with van der Waals surface area (Å²) in [6, 6.07) is 14.8. The first-order valence-electron chi connectivity index (χ1n) is 7.80. The summed E-state index contributed by atoms with van der Waals surface area (Å²) in [5.74, 6) is 0.554. The van der Waals surface area contributed by atoms with E-state index in [1.165, 1.54) is 12.1 Å². The van der Waals surface area contributed by atoms with Crippen LogP contribution in [0.1, 0.15) is 6.42 Å². The number of nitrogens with zero attached hydrogens (tertiary/aromatic N) is 2. The Bertz CT molecular complexity index is 826. The molecule has 2 heterocycles. The predicted molar refractivity (Wildman–Crippen MR) is 89.8 cm³/mol. The number of benzene rings is 2. The highest BCUT2D eigenvalue weighted by molar-refractivity contribution is 6.00. The third-order valence-corrected chi connectivity index (χ3v) is 4.21. The highest BCUT2D eigenvalue weighted by Crippen LogP contribution is 2.30. The standard InChI is InChI=1S/C18H17FN4/c19-13-7-5-12(6-8-13)17-15-3-1-2-4-16(15)18(23-22-17)21-14-9-10-20-11-14/h1-8,14,20H,9-11H2,(H,21,23). The van der Waals surface area contributed by atoms with Crippen molar-refractivity contribution in [3.63, 3.8) is 0 Å². The van der Waals surface area contributed by atoms with Gasteiger partial charge < -0.3 is 10.6 Å². The van der Waals surface area contributed by atoms with E-state index in [-0.39, 0.29) is 5.82 Å². The van der Waals surface area contributed by atoms with Crippen molar-refractivity contribution in [1.29, 1.82) is 0 Å². The van der Waals surface area contributed by atoms with Gasteiger partial charge in [-0.15, -0.1) is 10.2 Å². The fourth-order valence-corrected chi connectivity index (χ4v) is 3.00. The molecule has 1 atom stereocenters. The van der Waals surface area contributed by atoms with Crippen molar-refractivity contribution in [3.05, 3.63) is 54.3 Å². The Morgan fingerprint density at radius 1 is 1.00 bits per heavy atom. The molecule has 3 aromatic rings. The smallest absolute Gasteiger partial charge is 0.156 e. The summed E-state index contributed by atoms with van der Waals surface area (Å²) in [5.41, 5.74) is 1.64. The van der Waals surface area contributed by atoms with Crippen LogP contribution in [0.2, 0.25) is 0 Å². The highest BCUT2D eigenvalue weighted by atomic mass is 19.1. The van der Waals surface area contributed by atoms with Crippen LogP contribution in [0.15, 0.2) is 48.5 Å². The number of anilines is 1. The number of hydrogen-bond donors (Lipinski definition) is 2. The average Bonchev–Trinajstić information content (AvgIpc) is 3.09. The number of aromatic nitrogens is 2. The van der Waals surface area contributed by atoms with Crippen LogP contribution in [-0.4, -0.2) is 29.3 Å². The van der Waals surface area contributed by atoms with Gasteiger partial charge in [0, 0.05) is 28.9 Å². The summed E-state index contributed by atoms with van der Waals surface area (Å²) in [6.45, 7) is 1.96. The Morgan fingerprint density at radius 2 is 1.78 bits per heavy atom. The number of halogens is 1. The maximum atomic E-state index is 13.2. The Morgan fingerprint density at radius 3 is 2.52 bits per heavy atom. The van der Waals surface area contributed by atoms with Gasteiger partial charge in [0.2, 0.25) is 0 Å². The van der Waals surface area contributed by atoms with E-state index in [1.54, 1.807) is 12.1 Å². The van der Waals surface area contributed by atoms with Gasteiger partial charge in [-0.2, -0.15) is 0 Å². The fourth-order valence-electron chi connectivity index (χ4n) is 3.00. The lowest BCUT2D eigenvalue weighted by Gasteiger charge is -2.15. The molecule has 1 fully saturated rings. The molecular formula is C18H17FN4. The Labute approximate surface area is 133 Å². The van der Waals surface area contributed by atoms with E-state index in [2.05, 4.69) is 20.8 Å². The van der Waals surface area contributed by atoms with Gasteiger partial charge in [0.05, 0.1) is 0 Å². The van der Waals surface area contributed by atoms with Crippen molar-refractivity contribution in [2.45, 2.75) is 12.5 Å². The van der Waals surface area contributed by atoms with Gasteiger partial charge in [-0.25, -0.2) is 4.39 Å². The van der Waals surface area contributed by atoms with Crippen LogP contribution >= 0.6 is 0 Å². The van der Waals surface area contributed by atoms with Gasteiger partial charge in [0.15, 0.2) is 5.82 Å². The zero-order valence-electron chi connectivity index (χ0n) is 12.6. The second-order valence-corrected chi connectivity index (χ2v) is 5.78. The van der Waals surface area contributed by atoms with Gasteiger partial charge in [-0.1, -0.05) is 24.3 Å². The van der Waals surface area contributed by atoms with E-state index >= 15 is 0 Å². The maximum absolute atomic E-state index is 13.2. The molecule has 0 saturated carbocycles. The molecule has 0 radical (unpaired) electrons. The minimum absolute atomic E-state index is 0.252. The molecule has 0 spiro atoms. The second kappa shape index (κ2) is 5.93. The minimum atomic E-state index is -0.252. The summed E-state index contributed by atoms with van der Waals surface area (Å²) < 4.78 is 13.2. The summed E-state index contributed by atoms with van der Waals surface area (Å²) >= 11 is 0. The molecule has 0 bridgehead atoms. The quantitative estimate of drug-likeness (QED) is 0.780. The molecule has 4 nitrogen and oxygen atoms in total. The van der Waals surface area contributed by atoms with E-state index < -0.39 is 0 Å². The normalized spacial score (nSPS) is 17.5. The van der Waals surface area contributed by atoms with Gasteiger partial charge in [0.25, 0.3) is 0 Å². The molecule has 2 aromatic carbocycles. The van der Waals surface area contributed by atoms with Crippen molar-refractivity contribution < 1.29 is 4.39 Å². The minimum Gasteiger partial charge on any atom is -0.364 e. The molecule has 0 aliphatic carbocycles. The summed E-state index contributed by atoms with van der Waals surface area (Å²) in [5, 5.41) is 17.6. The van der Waals surface area contributed by atoms with E-state index in [0.717, 1.165) is 47.4 Å². The molecule has 0 amide bonds. The van der Waals surface area contributed by atoms with Crippen LogP contribution in [0, 0.1) is 5.82 Å². The molecule has 1 aliphatic heterocycles. The third-order valence-electron chi connectivity index (χ3n) is 4.21. The molecule has 1 aliphatic rings. The molecule has 1 aromatic heterocycles. The van der Waals surface area contributed by atoms with Gasteiger partial charge in [-0.3, -0.25) is 0 Å². The van der Waals surface area contributed by atoms with Crippen molar-refractivity contribution >= 4 is 16.6 Å². The van der Waals surface area contributed by atoms with Crippen LogP contribution in [0.5, 0.6) is 0 Å². The van der Waals surface area contributed by atoms with Gasteiger partial charge >= 0.3 is 0 Å². The molecule has 2 N–H and O–H groups in total. The van der Waals surface area contributed by atoms with Crippen molar-refractivity contribution in [3.8, 4) is 11.3 Å². The zero-order valence-corrected chi connectivity index (χ0v) is 12.6. The summed E-state index contributed by atoms with van der Waals surface area (Å²) in [7, 11) is 0. The number of hydrogen-bond acceptors (Lipinski definition) is 4. The molecule has 5 heteroatoms. The Hall–Kier alpha value is -2.53. The topological polar surface area (TPSA) is 49.8 Å². The molecule has 4 rings (SSSR count). The maximum Gasteiger partial charge on any atom is 0.156 e. The van der Waals surface area contributed by atoms with Crippen LogP contribution in [0.25, 0.3) is 22.0 Å². The van der Waals surface area contributed by atoms with Gasteiger partial charge in [-0.05, 0) is 37.2 Å². The largest absolute Gasteiger partial charge is 0.364 e. The van der Waals surface area contributed by atoms with Crippen molar-refractivity contribution in [1.82, 2.24) is 15.5 Å². The van der Waals surface area contributed by atoms with E-state index in [1.807, 2.05) is 24.3 Å². The van der Waals surface area contributed by atoms with Crippen LogP contribution in [0.3, 0.4) is 0 Å². The fraction of sp³-hybridized carbons (Fsp3) is 0.222. The average molecular weight is 308 g/mol. The lowest BCUT2D eigenvalue weighted by Crippen LogP contribution is -2.23. The van der Waals surface area contributed by atoms with Crippen LogP contribution < -0.4 is 10.6 Å².